The molecule has 0 spiro atoms. The maximum Gasteiger partial charge on any atom is 0.115 e. The molecule has 4 heteroatoms. The number of aromatic nitrogens is 3. The van der Waals surface area contributed by atoms with E-state index in [-0.39, 0.29) is 0 Å². The lowest BCUT2D eigenvalue weighted by Gasteiger charge is -1.95. The first-order chi connectivity index (χ1) is 6.31. The van der Waals surface area contributed by atoms with Crippen LogP contribution in [-0.4, -0.2) is 15.0 Å². The molecule has 0 fully saturated rings. The summed E-state index contributed by atoms with van der Waals surface area (Å²) in [6.45, 7) is 0.431. The van der Waals surface area contributed by atoms with Crippen molar-refractivity contribution in [2.75, 3.05) is 5.73 Å². The van der Waals surface area contributed by atoms with Gasteiger partial charge in [-0.2, -0.15) is 0 Å². The Balaban J connectivity index is 2.63. The van der Waals surface area contributed by atoms with Crippen LogP contribution < -0.4 is 5.73 Å². The topological polar surface area (TPSA) is 56.7 Å². The van der Waals surface area contributed by atoms with Gasteiger partial charge in [0.2, 0.25) is 0 Å². The molecule has 4 nitrogen and oxygen atoms in total. The Morgan fingerprint density at radius 2 is 2.38 bits per heavy atom. The number of fused-ring (bicyclic) bond motifs is 1. The Morgan fingerprint density at radius 3 is 3.15 bits per heavy atom. The number of benzene rings is 1. The summed E-state index contributed by atoms with van der Waals surface area (Å²) in [6, 6.07) is 5.44. The van der Waals surface area contributed by atoms with Crippen LogP contribution in [0.5, 0.6) is 0 Å². The Labute approximate surface area is 75.3 Å². The normalized spacial score (nSPS) is 10.1. The van der Waals surface area contributed by atoms with Crippen molar-refractivity contribution in [1.82, 2.24) is 15.0 Å². The minimum Gasteiger partial charge on any atom is -0.399 e. The van der Waals surface area contributed by atoms with Crippen molar-refractivity contribution in [3.8, 4) is 12.3 Å². The van der Waals surface area contributed by atoms with Crippen LogP contribution in [0.15, 0.2) is 18.2 Å². The Morgan fingerprint density at radius 1 is 1.54 bits per heavy atom. The third kappa shape index (κ3) is 1.20. The summed E-state index contributed by atoms with van der Waals surface area (Å²) < 4.78 is 1.66. The van der Waals surface area contributed by atoms with Gasteiger partial charge in [0.1, 0.15) is 12.1 Å². The summed E-state index contributed by atoms with van der Waals surface area (Å²) in [6.07, 6.45) is 5.18. The van der Waals surface area contributed by atoms with E-state index in [2.05, 4.69) is 16.2 Å². The van der Waals surface area contributed by atoms with E-state index in [1.807, 2.05) is 6.07 Å². The molecule has 64 valence electrons. The third-order valence-corrected chi connectivity index (χ3v) is 1.78. The zero-order valence-electron chi connectivity index (χ0n) is 6.94. The van der Waals surface area contributed by atoms with Crippen LogP contribution in [-0.2, 0) is 6.54 Å². The predicted octanol–water partition coefficient (Wildman–Crippen LogP) is 0.647. The second-order valence-electron chi connectivity index (χ2n) is 2.70. The Hall–Kier alpha value is -2.02. The third-order valence-electron chi connectivity index (χ3n) is 1.78. The molecule has 0 atom stereocenters. The van der Waals surface area contributed by atoms with E-state index in [9.17, 15) is 0 Å². The molecule has 0 bridgehead atoms. The molecule has 0 saturated carbocycles. The lowest BCUT2D eigenvalue weighted by Crippen LogP contribution is -1.97. The summed E-state index contributed by atoms with van der Waals surface area (Å²) in [5.41, 5.74) is 7.95. The van der Waals surface area contributed by atoms with E-state index in [0.29, 0.717) is 12.2 Å². The quantitative estimate of drug-likeness (QED) is 0.507. The molecule has 1 aromatic heterocycles. The fourth-order valence-electron chi connectivity index (χ4n) is 1.19. The monoisotopic (exact) mass is 172 g/mol. The molecule has 0 aliphatic rings. The van der Waals surface area contributed by atoms with Gasteiger partial charge in [-0.1, -0.05) is 11.1 Å². The van der Waals surface area contributed by atoms with E-state index in [4.69, 9.17) is 12.2 Å². The highest BCUT2D eigenvalue weighted by molar-refractivity contribution is 5.78. The number of terminal acetylenes is 1. The number of anilines is 1. The van der Waals surface area contributed by atoms with Crippen LogP contribution in [0.1, 0.15) is 0 Å². The second kappa shape index (κ2) is 2.79. The van der Waals surface area contributed by atoms with Gasteiger partial charge in [-0.15, -0.1) is 11.5 Å². The summed E-state index contributed by atoms with van der Waals surface area (Å²) in [7, 11) is 0. The molecule has 2 aromatic rings. The molecule has 0 saturated heterocycles. The van der Waals surface area contributed by atoms with Gasteiger partial charge in [-0.3, -0.25) is 0 Å². The van der Waals surface area contributed by atoms with Crippen LogP contribution in [0.2, 0.25) is 0 Å². The molecular formula is C9H8N4. The van der Waals surface area contributed by atoms with Crippen molar-refractivity contribution in [2.45, 2.75) is 6.54 Å². The van der Waals surface area contributed by atoms with E-state index in [1.165, 1.54) is 0 Å². The zero-order chi connectivity index (χ0) is 9.26. The average molecular weight is 172 g/mol. The van der Waals surface area contributed by atoms with Crippen molar-refractivity contribution >= 4 is 16.7 Å². The Kier molecular flexibility index (Phi) is 1.64. The van der Waals surface area contributed by atoms with Gasteiger partial charge < -0.3 is 5.73 Å². The largest absolute Gasteiger partial charge is 0.399 e. The van der Waals surface area contributed by atoms with Crippen molar-refractivity contribution < 1.29 is 0 Å². The molecule has 0 aliphatic heterocycles. The standard InChI is InChI=1S/C9H8N4/c1-2-5-13-9-4-3-7(10)6-8(9)11-12-13/h1,3-4,6H,5,10H2. The molecule has 13 heavy (non-hydrogen) atoms. The lowest BCUT2D eigenvalue weighted by atomic mass is 10.3. The molecule has 2 N–H and O–H groups in total. The molecule has 1 aromatic carbocycles. The van der Waals surface area contributed by atoms with E-state index < -0.39 is 0 Å². The first-order valence-corrected chi connectivity index (χ1v) is 3.83. The maximum absolute atomic E-state index is 5.59. The van der Waals surface area contributed by atoms with Crippen molar-refractivity contribution in [2.24, 2.45) is 0 Å². The second-order valence-corrected chi connectivity index (χ2v) is 2.70. The Bertz CT molecular complexity index is 478. The fourth-order valence-corrected chi connectivity index (χ4v) is 1.19. The maximum atomic E-state index is 5.59. The van der Waals surface area contributed by atoms with Crippen molar-refractivity contribution in [3.05, 3.63) is 18.2 Å². The fraction of sp³-hybridized carbons (Fsp3) is 0.111. The summed E-state index contributed by atoms with van der Waals surface area (Å²) in [5, 5.41) is 7.83. The average Bonchev–Trinajstić information content (AvgIpc) is 2.49. The number of hydrogen-bond acceptors (Lipinski definition) is 3. The molecule has 0 aliphatic carbocycles. The van der Waals surface area contributed by atoms with Crippen molar-refractivity contribution in [3.63, 3.8) is 0 Å². The van der Waals surface area contributed by atoms with Crippen molar-refractivity contribution in [1.29, 1.82) is 0 Å². The lowest BCUT2D eigenvalue weighted by molar-refractivity contribution is 0.694. The minimum atomic E-state index is 0.431. The minimum absolute atomic E-state index is 0.431. The molecule has 0 unspecified atom stereocenters. The van der Waals surface area contributed by atoms with Gasteiger partial charge in [0.25, 0.3) is 0 Å². The van der Waals surface area contributed by atoms with E-state index in [1.54, 1.807) is 16.8 Å². The molecule has 0 amide bonds. The highest BCUT2D eigenvalue weighted by atomic mass is 15.4. The number of nitrogens with two attached hydrogens (primary N) is 1. The van der Waals surface area contributed by atoms with Gasteiger partial charge in [-0.25, -0.2) is 4.68 Å². The van der Waals surface area contributed by atoms with Gasteiger partial charge >= 0.3 is 0 Å². The highest BCUT2D eigenvalue weighted by Gasteiger charge is 2.02. The first-order valence-electron chi connectivity index (χ1n) is 3.83. The number of nitrogens with zero attached hydrogens (tertiary/aromatic N) is 3. The number of hydrogen-bond donors (Lipinski definition) is 1. The van der Waals surface area contributed by atoms with Gasteiger partial charge in [0.15, 0.2) is 0 Å². The number of rotatable bonds is 1. The molecule has 2 rings (SSSR count). The van der Waals surface area contributed by atoms with Crippen LogP contribution in [0.25, 0.3) is 11.0 Å². The smallest absolute Gasteiger partial charge is 0.115 e. The van der Waals surface area contributed by atoms with Crippen LogP contribution in [0.4, 0.5) is 5.69 Å². The summed E-state index contributed by atoms with van der Waals surface area (Å²) in [4.78, 5) is 0. The SMILES string of the molecule is C#CCn1nnc2cc(N)ccc21. The van der Waals surface area contributed by atoms with Crippen LogP contribution in [0.3, 0.4) is 0 Å². The van der Waals surface area contributed by atoms with Crippen LogP contribution >= 0.6 is 0 Å². The number of nitrogen functional groups attached to an aromatic ring is 1. The summed E-state index contributed by atoms with van der Waals surface area (Å²) in [5.74, 6) is 2.51. The van der Waals surface area contributed by atoms with Gasteiger partial charge in [0, 0.05) is 5.69 Å². The highest BCUT2D eigenvalue weighted by Crippen LogP contribution is 2.13. The molecule has 1 heterocycles. The van der Waals surface area contributed by atoms with Gasteiger partial charge in [-0.05, 0) is 18.2 Å². The molecule has 0 radical (unpaired) electrons. The summed E-state index contributed by atoms with van der Waals surface area (Å²) >= 11 is 0. The zero-order valence-corrected chi connectivity index (χ0v) is 6.94. The van der Waals surface area contributed by atoms with E-state index in [0.717, 1.165) is 11.0 Å². The first kappa shape index (κ1) is 7.62. The predicted molar refractivity (Wildman–Crippen MR) is 50.8 cm³/mol. The molecular weight excluding hydrogens is 164 g/mol. The van der Waals surface area contributed by atoms with Crippen LogP contribution in [0, 0.1) is 12.3 Å². The van der Waals surface area contributed by atoms with Gasteiger partial charge in [0.05, 0.1) is 5.52 Å². The van der Waals surface area contributed by atoms with E-state index >= 15 is 0 Å².